The summed E-state index contributed by atoms with van der Waals surface area (Å²) in [6, 6.07) is 136. The molecule has 0 bridgehead atoms. The molecule has 0 amide bonds. The number of para-hydroxylation sites is 5. The van der Waals surface area contributed by atoms with Crippen molar-refractivity contribution in [3.05, 3.63) is 416 Å². The van der Waals surface area contributed by atoms with Crippen molar-refractivity contribution in [3.8, 4) is 85.0 Å². The van der Waals surface area contributed by atoms with E-state index in [-0.39, 0.29) is 16.2 Å². The molecule has 18 aromatic carbocycles. The molecular formula is C123H81N9O2S. The molecule has 135 heavy (non-hydrogen) atoms. The first-order valence-corrected chi connectivity index (χ1v) is 47.1. The molecule has 0 spiro atoms. The van der Waals surface area contributed by atoms with Gasteiger partial charge >= 0.3 is 0 Å². The largest absolute Gasteiger partial charge is 0.450 e. The van der Waals surface area contributed by atoms with Gasteiger partial charge in [0.25, 0.3) is 0 Å². The lowest BCUT2D eigenvalue weighted by atomic mass is 9.82. The van der Waals surface area contributed by atoms with Crippen LogP contribution in [-0.2, 0) is 16.2 Å². The molecule has 0 fully saturated rings. The fourth-order valence-corrected chi connectivity index (χ4v) is 24.2. The Kier molecular flexibility index (Phi) is 16.3. The molecule has 11 nitrogen and oxygen atoms in total. The highest BCUT2D eigenvalue weighted by Gasteiger charge is 2.42. The average molecular weight is 1750 g/mol. The van der Waals surface area contributed by atoms with Crippen molar-refractivity contribution >= 4 is 174 Å². The lowest BCUT2D eigenvalue weighted by molar-refractivity contribution is 0.653. The number of furan rings is 2. The first kappa shape index (κ1) is 77.0. The van der Waals surface area contributed by atoms with Crippen molar-refractivity contribution in [2.75, 3.05) is 0 Å². The second kappa shape index (κ2) is 28.6. The van der Waals surface area contributed by atoms with Crippen molar-refractivity contribution in [1.29, 1.82) is 0 Å². The molecule has 0 unspecified atom stereocenters. The number of nitrogens with zero attached hydrogens (tertiary/aromatic N) is 9. The summed E-state index contributed by atoms with van der Waals surface area (Å²) in [6.07, 6.45) is 0. The number of fused-ring (bicyclic) bond motifs is 30. The molecule has 0 saturated heterocycles. The van der Waals surface area contributed by atoms with Crippen LogP contribution in [0.2, 0.25) is 0 Å². The van der Waals surface area contributed by atoms with Gasteiger partial charge in [0.1, 0.15) is 16.7 Å². The fourth-order valence-electron chi connectivity index (χ4n) is 23.1. The van der Waals surface area contributed by atoms with E-state index in [0.29, 0.717) is 22.9 Å². The molecule has 12 heteroatoms. The Morgan fingerprint density at radius 1 is 0.237 bits per heavy atom. The van der Waals surface area contributed by atoms with E-state index in [0.717, 1.165) is 116 Å². The van der Waals surface area contributed by atoms with Crippen LogP contribution in [0.15, 0.2) is 391 Å². The fraction of sp³-hybridized carbons (Fsp3) is 0.0732. The van der Waals surface area contributed by atoms with Crippen LogP contribution in [0.4, 0.5) is 0 Å². The van der Waals surface area contributed by atoms with Gasteiger partial charge in [-0.1, -0.05) is 345 Å². The van der Waals surface area contributed by atoms with E-state index in [2.05, 4.69) is 407 Å². The summed E-state index contributed by atoms with van der Waals surface area (Å²) >= 11 is 1.78. The van der Waals surface area contributed by atoms with Gasteiger partial charge in [-0.05, 0) is 178 Å². The molecule has 0 atom stereocenters. The van der Waals surface area contributed by atoms with Gasteiger partial charge in [-0.3, -0.25) is 13.7 Å². The lowest BCUT2D eigenvalue weighted by Gasteiger charge is -2.21. The van der Waals surface area contributed by atoms with E-state index in [1.807, 2.05) is 30.3 Å². The predicted octanol–water partition coefficient (Wildman–Crippen LogP) is 32.3. The zero-order valence-corrected chi connectivity index (χ0v) is 75.4. The van der Waals surface area contributed by atoms with E-state index in [1.54, 1.807) is 11.3 Å². The highest BCUT2D eigenvalue weighted by atomic mass is 32.1. The molecule has 636 valence electrons. The van der Waals surface area contributed by atoms with Crippen LogP contribution < -0.4 is 0 Å². The maximum atomic E-state index is 6.62. The van der Waals surface area contributed by atoms with Gasteiger partial charge in [0.2, 0.25) is 5.71 Å². The minimum atomic E-state index is -0.123. The van der Waals surface area contributed by atoms with Crippen LogP contribution in [0.5, 0.6) is 0 Å². The minimum absolute atomic E-state index is 0.0994. The van der Waals surface area contributed by atoms with Gasteiger partial charge in [0, 0.05) is 86.1 Å². The average Bonchev–Trinajstić information content (AvgIpc) is 1.56. The molecular weight excluding hydrogens is 1670 g/mol. The van der Waals surface area contributed by atoms with E-state index in [9.17, 15) is 0 Å². The smallest absolute Gasteiger partial charge is 0.233 e. The van der Waals surface area contributed by atoms with E-state index < -0.39 is 0 Å². The Balaban J connectivity index is 0.000000101. The third-order valence-electron chi connectivity index (χ3n) is 29.4. The van der Waals surface area contributed by atoms with E-state index >= 15 is 0 Å². The molecule has 0 N–H and O–H groups in total. The Bertz CT molecular complexity index is 9470. The quantitative estimate of drug-likeness (QED) is 0.162. The molecule has 0 saturated carbocycles. The van der Waals surface area contributed by atoms with Crippen LogP contribution in [-0.4, -0.2) is 43.6 Å². The molecule has 0 radical (unpaired) electrons. The molecule has 3 aliphatic rings. The van der Waals surface area contributed by atoms with Crippen molar-refractivity contribution in [3.63, 3.8) is 0 Å². The first-order chi connectivity index (χ1) is 66.2. The Morgan fingerprint density at radius 3 is 1.03 bits per heavy atom. The Labute approximate surface area is 778 Å². The SMILES string of the molecule is CC1(C)c2ccccc2-c2c(-c3nc(-n4c5ccccc5c5cc6ccccc6cc54)c4c(n3)oc3ccccc34)cccc21.CC1(C)c2ccccc2-c2c(-c3nc(-n4c5ccccc5c5cc6ccccc6cc54)c4oc5ccccc5c4n3)cccc21.CC1(C)c2ccccc2-c2c(-c3nc(-n4c5ccccc5c5cc6ccccc6cc54)c4sc5ccccc5c4n3)cccc21. The van der Waals surface area contributed by atoms with Gasteiger partial charge in [-0.25, -0.2) is 24.9 Å². The van der Waals surface area contributed by atoms with Gasteiger partial charge in [0.05, 0.1) is 48.7 Å². The molecule has 30 rings (SSSR count). The zero-order valence-electron chi connectivity index (χ0n) is 74.6. The van der Waals surface area contributed by atoms with Gasteiger partial charge in [0.15, 0.2) is 40.5 Å². The maximum Gasteiger partial charge on any atom is 0.233 e. The monoisotopic (exact) mass is 1750 g/mol. The number of rotatable bonds is 6. The van der Waals surface area contributed by atoms with Crippen LogP contribution in [0.25, 0.3) is 247 Å². The van der Waals surface area contributed by atoms with Crippen LogP contribution in [0.1, 0.15) is 74.9 Å². The molecule has 9 aromatic heterocycles. The highest BCUT2D eigenvalue weighted by molar-refractivity contribution is 7.26. The van der Waals surface area contributed by atoms with Crippen LogP contribution >= 0.6 is 11.3 Å². The Hall–Kier alpha value is -16.8. The topological polar surface area (TPSA) is 118 Å². The summed E-state index contributed by atoms with van der Waals surface area (Å²) in [5.41, 5.74) is 29.5. The lowest BCUT2D eigenvalue weighted by Crippen LogP contribution is -2.14. The summed E-state index contributed by atoms with van der Waals surface area (Å²) in [5, 5.41) is 18.5. The van der Waals surface area contributed by atoms with E-state index in [1.165, 1.54) is 141 Å². The number of hydrogen-bond donors (Lipinski definition) is 0. The summed E-state index contributed by atoms with van der Waals surface area (Å²) in [6.45, 7) is 13.9. The normalized spacial score (nSPS) is 13.7. The predicted molar refractivity (Wildman–Crippen MR) is 558 cm³/mol. The van der Waals surface area contributed by atoms with Crippen molar-refractivity contribution in [2.24, 2.45) is 0 Å². The second-order valence-electron chi connectivity index (χ2n) is 37.8. The molecule has 9 heterocycles. The number of thiophene rings is 1. The first-order valence-electron chi connectivity index (χ1n) is 46.3. The summed E-state index contributed by atoms with van der Waals surface area (Å²) in [7, 11) is 0. The third-order valence-corrected chi connectivity index (χ3v) is 30.6. The van der Waals surface area contributed by atoms with Crippen LogP contribution in [0, 0.1) is 0 Å². The molecule has 3 aliphatic carbocycles. The zero-order chi connectivity index (χ0) is 89.6. The Morgan fingerprint density at radius 2 is 0.563 bits per heavy atom. The van der Waals surface area contributed by atoms with Gasteiger partial charge in [-0.2, -0.15) is 4.98 Å². The van der Waals surface area contributed by atoms with E-state index in [4.69, 9.17) is 38.7 Å². The number of hydrogen-bond acceptors (Lipinski definition) is 9. The second-order valence-corrected chi connectivity index (χ2v) is 38.9. The standard InChI is InChI=1S/2C41H27N3O.C41H27N3S/c1-41(2)31-18-8-5-15-27(31)36-29(17-11-19-32(36)41)39-42-37-28-16-7-10-21-35(28)45-38(37)40(43-39)44-33-20-9-6-14-26(33)30-22-24-12-3-4-13-25(24)23-34(30)44;1-41(2)31-18-8-5-15-27(31)36-29(17-11-19-32(36)41)38-42-39(37-28-16-7-10-21-35(28)45-40(37)43-38)44-33-20-9-6-14-26(33)30-22-24-12-3-4-13-25(24)23-34(30)44;1-41(2)31-18-8-5-15-27(31)36-29(17-11-19-32(36)41)39-42-37-28-16-7-10-21-35(28)45-38(37)40(43-39)44-33-20-9-6-14-26(33)30-22-24-12-3-4-13-25(24)23-34(30)44/h3*3-23H,1-2H3. The molecule has 0 aliphatic heterocycles. The highest BCUT2D eigenvalue weighted by Crippen LogP contribution is 2.57. The summed E-state index contributed by atoms with van der Waals surface area (Å²) in [5.74, 6) is 4.62. The van der Waals surface area contributed by atoms with Crippen molar-refractivity contribution < 1.29 is 8.83 Å². The summed E-state index contributed by atoms with van der Waals surface area (Å²) in [4.78, 5) is 32.4. The summed E-state index contributed by atoms with van der Waals surface area (Å²) < 4.78 is 22.4. The number of aromatic nitrogens is 9. The third kappa shape index (κ3) is 11.2. The van der Waals surface area contributed by atoms with Crippen molar-refractivity contribution in [2.45, 2.75) is 57.8 Å². The van der Waals surface area contributed by atoms with Gasteiger partial charge < -0.3 is 8.83 Å². The maximum absolute atomic E-state index is 6.62. The minimum Gasteiger partial charge on any atom is -0.450 e. The van der Waals surface area contributed by atoms with Gasteiger partial charge in [-0.15, -0.1) is 11.3 Å². The van der Waals surface area contributed by atoms with Crippen molar-refractivity contribution in [1.82, 2.24) is 43.6 Å². The molecule has 27 aromatic rings. The number of benzene rings is 18. The van der Waals surface area contributed by atoms with Crippen LogP contribution in [0.3, 0.4) is 0 Å².